The third-order valence-electron chi connectivity index (χ3n) is 2.83. The molecule has 0 atom stereocenters. The third kappa shape index (κ3) is 4.47. The van der Waals surface area contributed by atoms with Crippen molar-refractivity contribution >= 4 is 11.9 Å². The van der Waals surface area contributed by atoms with Crippen LogP contribution in [0.4, 0.5) is 0 Å². The van der Waals surface area contributed by atoms with Crippen molar-refractivity contribution in [1.82, 2.24) is 9.97 Å². The van der Waals surface area contributed by atoms with Gasteiger partial charge in [-0.15, -0.1) is 0 Å². The zero-order chi connectivity index (χ0) is 18.4. The first-order chi connectivity index (χ1) is 11.9. The average Bonchev–Trinajstić information content (AvgIpc) is 2.59. The Bertz CT molecular complexity index is 771. The van der Waals surface area contributed by atoms with Crippen molar-refractivity contribution in [3.63, 3.8) is 0 Å². The van der Waals surface area contributed by atoms with Crippen molar-refractivity contribution in [2.24, 2.45) is 0 Å². The van der Waals surface area contributed by atoms with E-state index in [0.29, 0.717) is 0 Å². The van der Waals surface area contributed by atoms with E-state index in [0.717, 1.165) is 0 Å². The summed E-state index contributed by atoms with van der Waals surface area (Å²) in [5, 5.41) is 18.1. The molecule has 10 nitrogen and oxygen atoms in total. The van der Waals surface area contributed by atoms with E-state index in [-0.39, 0.29) is 34.8 Å². The highest BCUT2D eigenvalue weighted by Crippen LogP contribution is 2.32. The third-order valence-corrected chi connectivity index (χ3v) is 2.83. The maximum atomic E-state index is 11.5. The number of nitrogens with zero attached hydrogens (tertiary/aromatic N) is 2. The molecule has 1 heterocycles. The van der Waals surface area contributed by atoms with Gasteiger partial charge in [-0.25, -0.2) is 9.59 Å². The fraction of sp³-hybridized carbons (Fsp3) is 0.200. The van der Waals surface area contributed by atoms with E-state index in [2.05, 4.69) is 9.97 Å². The van der Waals surface area contributed by atoms with Gasteiger partial charge in [-0.2, -0.15) is 9.97 Å². The van der Waals surface area contributed by atoms with Gasteiger partial charge in [0.1, 0.15) is 17.1 Å². The van der Waals surface area contributed by atoms with Crippen LogP contribution in [0.3, 0.4) is 0 Å². The van der Waals surface area contributed by atoms with Gasteiger partial charge in [-0.3, -0.25) is 0 Å². The number of aromatic carboxylic acids is 1. The number of carbonyl (C=O) groups is 2. The lowest BCUT2D eigenvalue weighted by atomic mass is 10.2. The van der Waals surface area contributed by atoms with Gasteiger partial charge in [-0.1, -0.05) is 6.07 Å². The fourth-order valence-corrected chi connectivity index (χ4v) is 1.80. The van der Waals surface area contributed by atoms with Gasteiger partial charge in [0.05, 0.1) is 20.3 Å². The van der Waals surface area contributed by atoms with Crippen molar-refractivity contribution in [1.29, 1.82) is 0 Å². The quantitative estimate of drug-likeness (QED) is 0.719. The summed E-state index contributed by atoms with van der Waals surface area (Å²) in [6, 6.07) is 5.31. The highest BCUT2D eigenvalue weighted by Gasteiger charge is 2.20. The van der Waals surface area contributed by atoms with Crippen LogP contribution in [0.15, 0.2) is 24.3 Å². The van der Waals surface area contributed by atoms with Gasteiger partial charge in [0.25, 0.3) is 0 Å². The minimum atomic E-state index is -1.37. The second-order valence-electron chi connectivity index (χ2n) is 4.45. The number of benzene rings is 1. The summed E-state index contributed by atoms with van der Waals surface area (Å²) in [6.45, 7) is -0.701. The summed E-state index contributed by atoms with van der Waals surface area (Å²) in [4.78, 5) is 30.0. The summed E-state index contributed by atoms with van der Waals surface area (Å²) < 4.78 is 20.4. The molecule has 0 unspecified atom stereocenters. The standard InChI is InChI=1S/C15H14N2O8/c1-22-10-6-11(23-2)17-15(16-10)25-9-5-3-4-8(13(9)14(20)21)24-7-12(18)19/h3-6H,7H2,1-2H3,(H,18,19)(H,20,21). The van der Waals surface area contributed by atoms with E-state index in [4.69, 9.17) is 24.1 Å². The lowest BCUT2D eigenvalue weighted by Crippen LogP contribution is -2.12. The summed E-state index contributed by atoms with van der Waals surface area (Å²) in [5.74, 6) is -2.61. The first-order valence-corrected chi connectivity index (χ1v) is 6.80. The van der Waals surface area contributed by atoms with Crippen LogP contribution >= 0.6 is 0 Å². The Kier molecular flexibility index (Phi) is 5.56. The molecule has 0 amide bonds. The number of carboxylic acid groups (broad SMARTS) is 2. The molecular weight excluding hydrogens is 336 g/mol. The maximum absolute atomic E-state index is 11.5. The molecule has 0 aliphatic heterocycles. The van der Waals surface area contributed by atoms with E-state index in [9.17, 15) is 14.7 Å². The van der Waals surface area contributed by atoms with Gasteiger partial charge in [0.2, 0.25) is 11.8 Å². The molecule has 2 aromatic rings. The van der Waals surface area contributed by atoms with Gasteiger partial charge in [0.15, 0.2) is 6.61 Å². The van der Waals surface area contributed by atoms with Crippen LogP contribution in [0.1, 0.15) is 10.4 Å². The molecule has 1 aromatic carbocycles. The zero-order valence-corrected chi connectivity index (χ0v) is 13.3. The minimum absolute atomic E-state index is 0.134. The summed E-state index contributed by atoms with van der Waals surface area (Å²) in [5.41, 5.74) is -0.367. The van der Waals surface area contributed by atoms with Gasteiger partial charge >= 0.3 is 17.9 Å². The molecule has 10 heteroatoms. The van der Waals surface area contributed by atoms with Gasteiger partial charge < -0.3 is 29.2 Å². The fourth-order valence-electron chi connectivity index (χ4n) is 1.80. The lowest BCUT2D eigenvalue weighted by molar-refractivity contribution is -0.139. The van der Waals surface area contributed by atoms with Crippen molar-refractivity contribution in [2.45, 2.75) is 0 Å². The van der Waals surface area contributed by atoms with Crippen LogP contribution in [-0.4, -0.2) is 52.9 Å². The highest BCUT2D eigenvalue weighted by molar-refractivity contribution is 5.94. The Balaban J connectivity index is 2.40. The molecule has 0 fully saturated rings. The summed E-state index contributed by atoms with van der Waals surface area (Å²) in [6.07, 6.45) is 0. The molecule has 1 aromatic heterocycles. The number of aliphatic carboxylic acids is 1. The number of hydrogen-bond acceptors (Lipinski definition) is 8. The molecule has 0 bridgehead atoms. The second-order valence-corrected chi connectivity index (χ2v) is 4.45. The zero-order valence-electron chi connectivity index (χ0n) is 13.3. The maximum Gasteiger partial charge on any atom is 0.343 e. The van der Waals surface area contributed by atoms with Crippen LogP contribution in [0.25, 0.3) is 0 Å². The molecule has 0 saturated carbocycles. The van der Waals surface area contributed by atoms with E-state index in [1.165, 1.54) is 38.5 Å². The minimum Gasteiger partial charge on any atom is -0.481 e. The largest absolute Gasteiger partial charge is 0.481 e. The van der Waals surface area contributed by atoms with Crippen LogP contribution in [-0.2, 0) is 4.79 Å². The van der Waals surface area contributed by atoms with Crippen molar-refractivity contribution in [2.75, 3.05) is 20.8 Å². The molecular formula is C15H14N2O8. The predicted molar refractivity (Wildman–Crippen MR) is 81.7 cm³/mol. The normalized spacial score (nSPS) is 10.0. The smallest absolute Gasteiger partial charge is 0.343 e. The Morgan fingerprint density at radius 1 is 1.04 bits per heavy atom. The van der Waals surface area contributed by atoms with Crippen LogP contribution in [0, 0.1) is 0 Å². The summed E-state index contributed by atoms with van der Waals surface area (Å²) >= 11 is 0. The van der Waals surface area contributed by atoms with Gasteiger partial charge in [0, 0.05) is 0 Å². The second kappa shape index (κ2) is 7.81. The number of carboxylic acids is 2. The van der Waals surface area contributed by atoms with Crippen molar-refractivity contribution < 1.29 is 38.7 Å². The van der Waals surface area contributed by atoms with E-state index in [1.807, 2.05) is 0 Å². The van der Waals surface area contributed by atoms with E-state index < -0.39 is 18.5 Å². The topological polar surface area (TPSA) is 137 Å². The number of hydrogen-bond donors (Lipinski definition) is 2. The number of rotatable bonds is 8. The summed E-state index contributed by atoms with van der Waals surface area (Å²) in [7, 11) is 2.77. The Morgan fingerprint density at radius 3 is 2.16 bits per heavy atom. The number of methoxy groups -OCH3 is 2. The number of ether oxygens (including phenoxy) is 4. The molecule has 25 heavy (non-hydrogen) atoms. The molecule has 2 rings (SSSR count). The van der Waals surface area contributed by atoms with Crippen molar-refractivity contribution in [3.05, 3.63) is 29.8 Å². The first kappa shape index (κ1) is 17.8. The molecule has 2 N–H and O–H groups in total. The predicted octanol–water partition coefficient (Wildman–Crippen LogP) is 1.45. The Labute approximate surface area is 141 Å². The molecule has 0 aliphatic rings. The monoisotopic (exact) mass is 350 g/mol. The number of aromatic nitrogens is 2. The van der Waals surface area contributed by atoms with Crippen LogP contribution < -0.4 is 18.9 Å². The average molecular weight is 350 g/mol. The Morgan fingerprint density at radius 2 is 1.64 bits per heavy atom. The highest BCUT2D eigenvalue weighted by atomic mass is 16.5. The lowest BCUT2D eigenvalue weighted by Gasteiger charge is -2.12. The molecule has 132 valence electrons. The molecule has 0 radical (unpaired) electrons. The van der Waals surface area contributed by atoms with E-state index >= 15 is 0 Å². The van der Waals surface area contributed by atoms with Gasteiger partial charge in [-0.05, 0) is 12.1 Å². The molecule has 0 aliphatic carbocycles. The van der Waals surface area contributed by atoms with Crippen LogP contribution in [0.2, 0.25) is 0 Å². The Hall–Kier alpha value is -3.56. The first-order valence-electron chi connectivity index (χ1n) is 6.80. The van der Waals surface area contributed by atoms with Crippen LogP contribution in [0.5, 0.6) is 29.3 Å². The van der Waals surface area contributed by atoms with Crippen molar-refractivity contribution in [3.8, 4) is 29.3 Å². The van der Waals surface area contributed by atoms with E-state index in [1.54, 1.807) is 0 Å². The molecule has 0 spiro atoms. The molecule has 0 saturated heterocycles. The SMILES string of the molecule is COc1cc(OC)nc(Oc2cccc(OCC(=O)O)c2C(=O)O)n1.